The summed E-state index contributed by atoms with van der Waals surface area (Å²) in [6.07, 6.45) is 0.610. The number of carbonyl (C=O) groups is 1. The molecule has 22 heavy (non-hydrogen) atoms. The summed E-state index contributed by atoms with van der Waals surface area (Å²) >= 11 is 0. The average Bonchev–Trinajstić information content (AvgIpc) is 2.57. The lowest BCUT2D eigenvalue weighted by Crippen LogP contribution is -2.24. The highest BCUT2D eigenvalue weighted by atomic mass is 16.5. The third kappa shape index (κ3) is 2.51. The number of nitrogens with zero attached hydrogens (tertiary/aromatic N) is 1. The van der Waals surface area contributed by atoms with Crippen LogP contribution < -0.4 is 10.3 Å². The Bertz CT molecular complexity index is 879. The Labute approximate surface area is 127 Å². The summed E-state index contributed by atoms with van der Waals surface area (Å²) in [5, 5.41) is 0.873. The van der Waals surface area contributed by atoms with E-state index in [1.54, 1.807) is 17.7 Å². The number of carbonyl (C=O) groups excluding carboxylic acids is 1. The number of methoxy groups -OCH3 is 1. The molecular weight excluding hydrogens is 278 g/mol. The van der Waals surface area contributed by atoms with Crippen molar-refractivity contribution in [3.05, 3.63) is 76.1 Å². The Hall–Kier alpha value is -2.88. The van der Waals surface area contributed by atoms with Crippen molar-refractivity contribution < 1.29 is 9.53 Å². The van der Waals surface area contributed by atoms with E-state index in [9.17, 15) is 9.59 Å². The van der Waals surface area contributed by atoms with Gasteiger partial charge >= 0.3 is 0 Å². The minimum absolute atomic E-state index is 0.173. The van der Waals surface area contributed by atoms with Crippen LogP contribution in [-0.2, 0) is 6.54 Å². The van der Waals surface area contributed by atoms with Crippen LogP contribution in [0.3, 0.4) is 0 Å². The molecule has 0 saturated carbocycles. The molecule has 0 bridgehead atoms. The Morgan fingerprint density at radius 1 is 1.09 bits per heavy atom. The number of pyridine rings is 1. The lowest BCUT2D eigenvalue weighted by molar-refractivity contribution is 0.112. The second-order valence-electron chi connectivity index (χ2n) is 5.02. The third-order valence-electron chi connectivity index (χ3n) is 3.66. The van der Waals surface area contributed by atoms with Gasteiger partial charge in [0.1, 0.15) is 5.75 Å². The summed E-state index contributed by atoms with van der Waals surface area (Å²) in [4.78, 5) is 23.6. The molecule has 4 heteroatoms. The van der Waals surface area contributed by atoms with Crippen molar-refractivity contribution in [2.75, 3.05) is 7.11 Å². The van der Waals surface area contributed by atoms with Crippen LogP contribution in [0.5, 0.6) is 5.75 Å². The quantitative estimate of drug-likeness (QED) is 0.695. The summed E-state index contributed by atoms with van der Waals surface area (Å²) in [5.41, 5.74) is 1.68. The number of hydrogen-bond donors (Lipinski definition) is 0. The second-order valence-corrected chi connectivity index (χ2v) is 5.02. The normalized spacial score (nSPS) is 10.6. The summed E-state index contributed by atoms with van der Waals surface area (Å²) in [6.45, 7) is 0.408. The third-order valence-corrected chi connectivity index (χ3v) is 3.66. The molecule has 0 saturated heterocycles. The number of para-hydroxylation sites is 1. The summed E-state index contributed by atoms with van der Waals surface area (Å²) in [6, 6.07) is 16.7. The van der Waals surface area contributed by atoms with Gasteiger partial charge in [0, 0.05) is 0 Å². The predicted octanol–water partition coefficient (Wildman–Crippen LogP) is 2.87. The highest BCUT2D eigenvalue weighted by Gasteiger charge is 2.09. The Kier molecular flexibility index (Phi) is 3.74. The van der Waals surface area contributed by atoms with Gasteiger partial charge in [-0.3, -0.25) is 9.59 Å². The van der Waals surface area contributed by atoms with Gasteiger partial charge in [0.15, 0.2) is 6.29 Å². The molecular formula is C18H15NO3. The first-order valence-electron chi connectivity index (χ1n) is 6.93. The van der Waals surface area contributed by atoms with Gasteiger partial charge < -0.3 is 9.30 Å². The molecule has 0 aliphatic heterocycles. The monoisotopic (exact) mass is 293 g/mol. The topological polar surface area (TPSA) is 48.3 Å². The molecule has 0 aliphatic carbocycles. The van der Waals surface area contributed by atoms with E-state index in [0.717, 1.165) is 22.2 Å². The van der Waals surface area contributed by atoms with Crippen LogP contribution >= 0.6 is 0 Å². The van der Waals surface area contributed by atoms with Crippen molar-refractivity contribution in [1.82, 2.24) is 4.57 Å². The molecule has 0 fully saturated rings. The van der Waals surface area contributed by atoms with Crippen LogP contribution in [0, 0.1) is 0 Å². The molecule has 4 nitrogen and oxygen atoms in total. The number of aromatic nitrogens is 1. The first-order chi connectivity index (χ1) is 10.7. The minimum Gasteiger partial charge on any atom is -0.497 e. The van der Waals surface area contributed by atoms with E-state index >= 15 is 0 Å². The van der Waals surface area contributed by atoms with Crippen molar-refractivity contribution >= 4 is 17.2 Å². The highest BCUT2D eigenvalue weighted by molar-refractivity contribution is 5.86. The number of benzene rings is 2. The molecule has 1 aromatic heterocycles. The lowest BCUT2D eigenvalue weighted by Gasteiger charge is -2.12. The van der Waals surface area contributed by atoms with Gasteiger partial charge in [0.05, 0.1) is 24.7 Å². The number of fused-ring (bicyclic) bond motifs is 1. The SMILES string of the molecule is COc1ccc(Cn2c(=O)c(C=O)cc3ccccc32)cc1. The fraction of sp³-hybridized carbons (Fsp3) is 0.111. The van der Waals surface area contributed by atoms with Crippen LogP contribution in [0.4, 0.5) is 0 Å². The fourth-order valence-corrected chi connectivity index (χ4v) is 2.50. The van der Waals surface area contributed by atoms with Crippen LogP contribution in [0.15, 0.2) is 59.4 Å². The Morgan fingerprint density at radius 3 is 2.50 bits per heavy atom. The van der Waals surface area contributed by atoms with Gasteiger partial charge in [-0.15, -0.1) is 0 Å². The van der Waals surface area contributed by atoms with Crippen molar-refractivity contribution in [1.29, 1.82) is 0 Å². The van der Waals surface area contributed by atoms with E-state index in [2.05, 4.69) is 0 Å². The maximum absolute atomic E-state index is 12.4. The zero-order valence-electron chi connectivity index (χ0n) is 12.2. The Morgan fingerprint density at radius 2 is 1.82 bits per heavy atom. The zero-order valence-corrected chi connectivity index (χ0v) is 12.2. The second kappa shape index (κ2) is 5.85. The minimum atomic E-state index is -0.274. The number of aldehydes is 1. The summed E-state index contributed by atoms with van der Waals surface area (Å²) in [7, 11) is 1.61. The maximum Gasteiger partial charge on any atom is 0.261 e. The number of hydrogen-bond acceptors (Lipinski definition) is 3. The molecule has 0 radical (unpaired) electrons. The molecule has 0 atom stereocenters. The van der Waals surface area contributed by atoms with Gasteiger partial charge in [0.25, 0.3) is 5.56 Å². The molecule has 0 unspecified atom stereocenters. The fourth-order valence-electron chi connectivity index (χ4n) is 2.50. The van der Waals surface area contributed by atoms with E-state index in [1.807, 2.05) is 48.5 Å². The molecule has 3 rings (SSSR count). The molecule has 0 aliphatic rings. The van der Waals surface area contributed by atoms with Crippen LogP contribution in [0.1, 0.15) is 15.9 Å². The average molecular weight is 293 g/mol. The van der Waals surface area contributed by atoms with Crippen molar-refractivity contribution in [2.45, 2.75) is 6.54 Å². The summed E-state index contributed by atoms with van der Waals surface area (Å²) < 4.78 is 6.76. The van der Waals surface area contributed by atoms with Gasteiger partial charge in [-0.2, -0.15) is 0 Å². The molecule has 0 N–H and O–H groups in total. The maximum atomic E-state index is 12.4. The molecule has 0 amide bonds. The number of ether oxygens (including phenoxy) is 1. The molecule has 1 heterocycles. The van der Waals surface area contributed by atoms with Gasteiger partial charge in [-0.1, -0.05) is 30.3 Å². The van der Waals surface area contributed by atoms with E-state index in [4.69, 9.17) is 4.74 Å². The smallest absolute Gasteiger partial charge is 0.261 e. The van der Waals surface area contributed by atoms with Crippen LogP contribution in [-0.4, -0.2) is 18.0 Å². The molecule has 2 aromatic carbocycles. The largest absolute Gasteiger partial charge is 0.497 e. The first-order valence-corrected chi connectivity index (χ1v) is 6.93. The van der Waals surface area contributed by atoms with E-state index in [0.29, 0.717) is 12.8 Å². The van der Waals surface area contributed by atoms with Gasteiger partial charge in [-0.05, 0) is 35.2 Å². The molecule has 3 aromatic rings. The van der Waals surface area contributed by atoms with E-state index in [-0.39, 0.29) is 11.1 Å². The van der Waals surface area contributed by atoms with Crippen molar-refractivity contribution in [3.63, 3.8) is 0 Å². The van der Waals surface area contributed by atoms with Gasteiger partial charge in [0.2, 0.25) is 0 Å². The molecule has 0 spiro atoms. The first kappa shape index (κ1) is 14.1. The number of rotatable bonds is 4. The van der Waals surface area contributed by atoms with Crippen molar-refractivity contribution in [2.24, 2.45) is 0 Å². The van der Waals surface area contributed by atoms with Gasteiger partial charge in [-0.25, -0.2) is 0 Å². The zero-order chi connectivity index (χ0) is 15.5. The van der Waals surface area contributed by atoms with E-state index in [1.165, 1.54) is 0 Å². The lowest BCUT2D eigenvalue weighted by atomic mass is 10.1. The standard InChI is InChI=1S/C18H15NO3/c1-22-16-8-6-13(7-9-16)11-19-17-5-3-2-4-14(17)10-15(12-20)18(19)21/h2-10,12H,11H2,1H3. The molecule has 110 valence electrons. The van der Waals surface area contributed by atoms with Crippen molar-refractivity contribution in [3.8, 4) is 5.75 Å². The highest BCUT2D eigenvalue weighted by Crippen LogP contribution is 2.16. The summed E-state index contributed by atoms with van der Waals surface area (Å²) in [5.74, 6) is 0.766. The van der Waals surface area contributed by atoms with Crippen LogP contribution in [0.25, 0.3) is 10.9 Å². The van der Waals surface area contributed by atoms with Crippen LogP contribution in [0.2, 0.25) is 0 Å². The van der Waals surface area contributed by atoms with E-state index < -0.39 is 0 Å². The predicted molar refractivity (Wildman–Crippen MR) is 85.7 cm³/mol. The Balaban J connectivity index is 2.13.